The van der Waals surface area contributed by atoms with Crippen molar-refractivity contribution in [3.05, 3.63) is 35.9 Å². The lowest BCUT2D eigenvalue weighted by Crippen LogP contribution is -2.03. The van der Waals surface area contributed by atoms with E-state index in [1.54, 1.807) is 0 Å². The molecule has 0 aromatic heterocycles. The molecule has 2 saturated carbocycles. The molecule has 0 heterocycles. The van der Waals surface area contributed by atoms with Crippen LogP contribution >= 0.6 is 0 Å². The number of benzene rings is 1. The maximum absolute atomic E-state index is 12.2. The van der Waals surface area contributed by atoms with Crippen LogP contribution in [-0.4, -0.2) is 5.78 Å². The van der Waals surface area contributed by atoms with E-state index in [1.165, 1.54) is 25.7 Å². The second-order valence-corrected chi connectivity index (χ2v) is 4.87. The quantitative estimate of drug-likeness (QED) is 0.669. The minimum atomic E-state index is 0.370. The van der Waals surface area contributed by atoms with Gasteiger partial charge in [-0.05, 0) is 24.7 Å². The molecule has 2 aliphatic rings. The van der Waals surface area contributed by atoms with E-state index < -0.39 is 0 Å². The first-order valence-corrected chi connectivity index (χ1v) is 5.97. The Kier molecular flexibility index (Phi) is 2.12. The Morgan fingerprint density at radius 3 is 2.20 bits per heavy atom. The van der Waals surface area contributed by atoms with E-state index in [4.69, 9.17) is 0 Å². The number of Topliss-reactive ketones (excluding diaryl/α,β-unsaturated/α-hetero) is 1. The second-order valence-electron chi connectivity index (χ2n) is 4.87. The molecular formula is C14H16O. The first-order valence-electron chi connectivity index (χ1n) is 5.97. The molecule has 2 fully saturated rings. The van der Waals surface area contributed by atoms with Crippen molar-refractivity contribution < 1.29 is 4.79 Å². The Labute approximate surface area is 90.5 Å². The van der Waals surface area contributed by atoms with Gasteiger partial charge in [-0.15, -0.1) is 0 Å². The lowest BCUT2D eigenvalue weighted by atomic mass is 10.0. The van der Waals surface area contributed by atoms with Gasteiger partial charge in [0.1, 0.15) is 0 Å². The molecule has 2 unspecified atom stereocenters. The van der Waals surface area contributed by atoms with Gasteiger partial charge in [-0.2, -0.15) is 0 Å². The van der Waals surface area contributed by atoms with Crippen molar-refractivity contribution >= 4 is 5.78 Å². The Morgan fingerprint density at radius 2 is 1.60 bits per heavy atom. The Hall–Kier alpha value is -1.11. The predicted octanol–water partition coefficient (Wildman–Crippen LogP) is 3.31. The summed E-state index contributed by atoms with van der Waals surface area (Å²) in [5.41, 5.74) is 0.914. The SMILES string of the molecule is O=C(c1ccccc1)C1C2CCCCC21. The van der Waals surface area contributed by atoms with Gasteiger partial charge in [0.05, 0.1) is 0 Å². The number of ketones is 1. The minimum Gasteiger partial charge on any atom is -0.294 e. The topological polar surface area (TPSA) is 17.1 Å². The molecule has 15 heavy (non-hydrogen) atoms. The van der Waals surface area contributed by atoms with Crippen molar-refractivity contribution in [1.82, 2.24) is 0 Å². The first kappa shape index (κ1) is 9.14. The third kappa shape index (κ3) is 1.50. The molecule has 1 aromatic rings. The summed E-state index contributed by atoms with van der Waals surface area (Å²) < 4.78 is 0. The number of carbonyl (C=O) groups excluding carboxylic acids is 1. The van der Waals surface area contributed by atoms with E-state index in [0.717, 1.165) is 17.4 Å². The van der Waals surface area contributed by atoms with Crippen molar-refractivity contribution in [3.8, 4) is 0 Å². The van der Waals surface area contributed by atoms with Gasteiger partial charge in [0, 0.05) is 11.5 Å². The maximum Gasteiger partial charge on any atom is 0.166 e. The number of hydrogen-bond acceptors (Lipinski definition) is 1. The van der Waals surface area contributed by atoms with Gasteiger partial charge in [-0.3, -0.25) is 4.79 Å². The van der Waals surface area contributed by atoms with E-state index in [0.29, 0.717) is 11.7 Å². The summed E-state index contributed by atoms with van der Waals surface area (Å²) in [5, 5.41) is 0. The van der Waals surface area contributed by atoms with Gasteiger partial charge in [0.15, 0.2) is 5.78 Å². The summed E-state index contributed by atoms with van der Waals surface area (Å²) in [4.78, 5) is 12.2. The Morgan fingerprint density at radius 1 is 1.00 bits per heavy atom. The number of carbonyl (C=O) groups is 1. The highest BCUT2D eigenvalue weighted by molar-refractivity contribution is 6.00. The standard InChI is InChI=1S/C14H16O/c15-14(10-6-2-1-3-7-10)13-11-8-4-5-9-12(11)13/h1-3,6-7,11-13H,4-5,8-9H2. The zero-order valence-electron chi connectivity index (χ0n) is 8.86. The molecule has 1 heteroatoms. The molecule has 3 rings (SSSR count). The van der Waals surface area contributed by atoms with Crippen LogP contribution in [0.15, 0.2) is 30.3 Å². The maximum atomic E-state index is 12.2. The summed E-state index contributed by atoms with van der Waals surface area (Å²) in [6.45, 7) is 0. The molecule has 0 aliphatic heterocycles. The minimum absolute atomic E-state index is 0.370. The van der Waals surface area contributed by atoms with Crippen LogP contribution < -0.4 is 0 Å². The zero-order valence-corrected chi connectivity index (χ0v) is 8.86. The lowest BCUT2D eigenvalue weighted by Gasteiger charge is -2.04. The molecule has 0 N–H and O–H groups in total. The van der Waals surface area contributed by atoms with E-state index in [2.05, 4.69) is 0 Å². The highest BCUT2D eigenvalue weighted by atomic mass is 16.1. The molecule has 1 aromatic carbocycles. The molecule has 0 bridgehead atoms. The summed E-state index contributed by atoms with van der Waals surface area (Å²) in [7, 11) is 0. The number of hydrogen-bond donors (Lipinski definition) is 0. The van der Waals surface area contributed by atoms with Crippen LogP contribution in [0.3, 0.4) is 0 Å². The van der Waals surface area contributed by atoms with Crippen LogP contribution in [-0.2, 0) is 0 Å². The van der Waals surface area contributed by atoms with Crippen molar-refractivity contribution in [2.75, 3.05) is 0 Å². The third-order valence-electron chi connectivity index (χ3n) is 4.02. The fourth-order valence-corrected chi connectivity index (χ4v) is 3.18. The molecule has 78 valence electrons. The molecular weight excluding hydrogens is 184 g/mol. The van der Waals surface area contributed by atoms with E-state index in [-0.39, 0.29) is 0 Å². The van der Waals surface area contributed by atoms with Crippen molar-refractivity contribution in [2.45, 2.75) is 25.7 Å². The van der Waals surface area contributed by atoms with Crippen LogP contribution in [0.4, 0.5) is 0 Å². The second kappa shape index (κ2) is 3.48. The van der Waals surface area contributed by atoms with E-state index in [9.17, 15) is 4.79 Å². The summed E-state index contributed by atoms with van der Waals surface area (Å²) in [6, 6.07) is 9.79. The number of rotatable bonds is 2. The average Bonchev–Trinajstić information content (AvgIpc) is 3.03. The number of fused-ring (bicyclic) bond motifs is 1. The van der Waals surface area contributed by atoms with Gasteiger partial charge in [-0.1, -0.05) is 43.2 Å². The molecule has 0 spiro atoms. The third-order valence-corrected chi connectivity index (χ3v) is 4.02. The van der Waals surface area contributed by atoms with Crippen LogP contribution in [0.1, 0.15) is 36.0 Å². The van der Waals surface area contributed by atoms with Crippen molar-refractivity contribution in [1.29, 1.82) is 0 Å². The monoisotopic (exact) mass is 200 g/mol. The van der Waals surface area contributed by atoms with E-state index >= 15 is 0 Å². The smallest absolute Gasteiger partial charge is 0.166 e. The fourth-order valence-electron chi connectivity index (χ4n) is 3.18. The Balaban J connectivity index is 1.77. The van der Waals surface area contributed by atoms with Crippen LogP contribution in [0, 0.1) is 17.8 Å². The zero-order chi connectivity index (χ0) is 10.3. The van der Waals surface area contributed by atoms with Crippen molar-refractivity contribution in [2.24, 2.45) is 17.8 Å². The highest BCUT2D eigenvalue weighted by Crippen LogP contribution is 2.56. The molecule has 2 aliphatic carbocycles. The average molecular weight is 200 g/mol. The van der Waals surface area contributed by atoms with Gasteiger partial charge in [-0.25, -0.2) is 0 Å². The molecule has 0 amide bonds. The first-order chi connectivity index (χ1) is 7.38. The van der Waals surface area contributed by atoms with Gasteiger partial charge in [0.2, 0.25) is 0 Å². The predicted molar refractivity (Wildman–Crippen MR) is 59.7 cm³/mol. The summed E-state index contributed by atoms with van der Waals surface area (Å²) >= 11 is 0. The lowest BCUT2D eigenvalue weighted by molar-refractivity contribution is 0.0956. The van der Waals surface area contributed by atoms with Crippen LogP contribution in [0.2, 0.25) is 0 Å². The van der Waals surface area contributed by atoms with Crippen LogP contribution in [0.25, 0.3) is 0 Å². The van der Waals surface area contributed by atoms with E-state index in [1.807, 2.05) is 30.3 Å². The van der Waals surface area contributed by atoms with Crippen molar-refractivity contribution in [3.63, 3.8) is 0 Å². The van der Waals surface area contributed by atoms with Crippen LogP contribution in [0.5, 0.6) is 0 Å². The highest BCUT2D eigenvalue weighted by Gasteiger charge is 2.54. The molecule has 0 saturated heterocycles. The Bertz CT molecular complexity index is 356. The van der Waals surface area contributed by atoms with Gasteiger partial charge >= 0.3 is 0 Å². The normalized spacial score (nSPS) is 33.2. The van der Waals surface area contributed by atoms with Gasteiger partial charge in [0.25, 0.3) is 0 Å². The van der Waals surface area contributed by atoms with Gasteiger partial charge < -0.3 is 0 Å². The fraction of sp³-hybridized carbons (Fsp3) is 0.500. The molecule has 2 atom stereocenters. The summed E-state index contributed by atoms with van der Waals surface area (Å²) in [5.74, 6) is 2.22. The molecule has 1 nitrogen and oxygen atoms in total. The summed E-state index contributed by atoms with van der Waals surface area (Å²) in [6.07, 6.45) is 5.24. The largest absolute Gasteiger partial charge is 0.294 e. The molecule has 0 radical (unpaired) electrons.